The van der Waals surface area contributed by atoms with Gasteiger partial charge in [0.1, 0.15) is 0 Å². The highest BCUT2D eigenvalue weighted by molar-refractivity contribution is 6.03. The minimum atomic E-state index is -0.116. The number of rotatable bonds is 7. The van der Waals surface area contributed by atoms with Crippen LogP contribution in [0.3, 0.4) is 0 Å². The van der Waals surface area contributed by atoms with Crippen molar-refractivity contribution >= 4 is 11.7 Å². The second-order valence-electron chi connectivity index (χ2n) is 10.2. The molecular weight excluding hydrogens is 432 g/mol. The highest BCUT2D eigenvalue weighted by Crippen LogP contribution is 2.17. The number of carbonyl (C=O) groups is 1. The maximum absolute atomic E-state index is 12.8. The van der Waals surface area contributed by atoms with Crippen molar-refractivity contribution in [1.29, 1.82) is 0 Å². The summed E-state index contributed by atoms with van der Waals surface area (Å²) in [6.45, 7) is 16.8. The molecule has 3 aromatic rings. The lowest BCUT2D eigenvalue weighted by molar-refractivity contribution is 0.102. The lowest BCUT2D eigenvalue weighted by Crippen LogP contribution is -2.19. The molecule has 1 aliphatic heterocycles. The number of nitrogens with zero attached hydrogens (tertiary/aromatic N) is 3. The average Bonchev–Trinajstić information content (AvgIpc) is 3.46. The van der Waals surface area contributed by atoms with Crippen LogP contribution in [-0.4, -0.2) is 33.7 Å². The van der Waals surface area contributed by atoms with Gasteiger partial charge in [-0.3, -0.25) is 14.4 Å². The molecule has 0 atom stereocenters. The molecule has 4 rings (SSSR count). The second kappa shape index (κ2) is 12.7. The predicted octanol–water partition coefficient (Wildman–Crippen LogP) is 6.76. The van der Waals surface area contributed by atoms with Gasteiger partial charge in [-0.15, -0.1) is 0 Å². The standard InChI is InChI=1S/C25H30N4O.C5H12/c1-18-9-10-19(2)23(13-18)17-29-20(3)14-24(27-29)26-25(30)22-8-6-7-21(15-22)16-28-11-4-5-12-28;1-4-5(2)3/h6-10,13-15H,4-5,11-12,16-17H2,1-3H3,(H,26,27,30);5H,4H2,1-3H3. The van der Waals surface area contributed by atoms with E-state index in [1.165, 1.54) is 41.5 Å². The summed E-state index contributed by atoms with van der Waals surface area (Å²) in [5, 5.41) is 7.59. The topological polar surface area (TPSA) is 50.2 Å². The third kappa shape index (κ3) is 8.07. The molecule has 0 saturated carbocycles. The van der Waals surface area contributed by atoms with E-state index >= 15 is 0 Å². The quantitative estimate of drug-likeness (QED) is 0.412. The summed E-state index contributed by atoms with van der Waals surface area (Å²) in [6, 6.07) is 16.3. The van der Waals surface area contributed by atoms with E-state index in [2.05, 4.69) is 74.2 Å². The number of likely N-dealkylation sites (tertiary alicyclic amines) is 1. The first-order chi connectivity index (χ1) is 16.7. The molecule has 1 N–H and O–H groups in total. The molecule has 1 amide bonds. The van der Waals surface area contributed by atoms with E-state index in [1.54, 1.807) is 0 Å². The van der Waals surface area contributed by atoms with Crippen LogP contribution in [0.1, 0.15) is 78.3 Å². The van der Waals surface area contributed by atoms with E-state index in [1.807, 2.05) is 35.9 Å². The molecular formula is C30H42N4O. The van der Waals surface area contributed by atoms with E-state index in [0.717, 1.165) is 31.2 Å². The number of amides is 1. The first-order valence-electron chi connectivity index (χ1n) is 13.0. The Morgan fingerprint density at radius 3 is 2.40 bits per heavy atom. The molecule has 1 fully saturated rings. The van der Waals surface area contributed by atoms with Crippen molar-refractivity contribution < 1.29 is 4.79 Å². The van der Waals surface area contributed by atoms with Crippen LogP contribution in [0.15, 0.2) is 48.5 Å². The van der Waals surface area contributed by atoms with Crippen molar-refractivity contribution in [2.75, 3.05) is 18.4 Å². The Labute approximate surface area is 211 Å². The zero-order valence-corrected chi connectivity index (χ0v) is 22.4. The number of benzene rings is 2. The molecule has 2 heterocycles. The fourth-order valence-electron chi connectivity index (χ4n) is 4.06. The Kier molecular flexibility index (Phi) is 9.67. The SMILES string of the molecule is CCC(C)C.Cc1ccc(C)c(Cn2nc(NC(=O)c3cccc(CN4CCCC4)c3)cc2C)c1. The number of nitrogens with one attached hydrogen (secondary N) is 1. The van der Waals surface area contributed by atoms with Gasteiger partial charge in [0.25, 0.3) is 5.91 Å². The molecule has 0 bridgehead atoms. The largest absolute Gasteiger partial charge is 0.305 e. The average molecular weight is 475 g/mol. The number of aryl methyl sites for hydroxylation is 3. The molecule has 1 aliphatic rings. The van der Waals surface area contributed by atoms with E-state index in [4.69, 9.17) is 0 Å². The van der Waals surface area contributed by atoms with Crippen LogP contribution in [0.2, 0.25) is 0 Å². The number of carbonyl (C=O) groups excluding carboxylic acids is 1. The van der Waals surface area contributed by atoms with Crippen LogP contribution in [0.4, 0.5) is 5.82 Å². The van der Waals surface area contributed by atoms with Gasteiger partial charge in [-0.25, -0.2) is 0 Å². The molecule has 188 valence electrons. The van der Waals surface area contributed by atoms with Crippen LogP contribution < -0.4 is 5.32 Å². The van der Waals surface area contributed by atoms with Gasteiger partial charge >= 0.3 is 0 Å². The molecule has 5 nitrogen and oxygen atoms in total. The second-order valence-corrected chi connectivity index (χ2v) is 10.2. The van der Waals surface area contributed by atoms with Crippen LogP contribution in [-0.2, 0) is 13.1 Å². The zero-order chi connectivity index (χ0) is 25.4. The van der Waals surface area contributed by atoms with Gasteiger partial charge in [0.05, 0.1) is 6.54 Å². The van der Waals surface area contributed by atoms with Gasteiger partial charge in [-0.2, -0.15) is 5.10 Å². The molecule has 35 heavy (non-hydrogen) atoms. The summed E-state index contributed by atoms with van der Waals surface area (Å²) in [6.07, 6.45) is 3.84. The minimum Gasteiger partial charge on any atom is -0.305 e. The Morgan fingerprint density at radius 1 is 1.00 bits per heavy atom. The van der Waals surface area contributed by atoms with Crippen LogP contribution in [0.25, 0.3) is 0 Å². The van der Waals surface area contributed by atoms with Crippen molar-refractivity contribution in [3.63, 3.8) is 0 Å². The highest BCUT2D eigenvalue weighted by atomic mass is 16.1. The molecule has 0 unspecified atom stereocenters. The fourth-order valence-corrected chi connectivity index (χ4v) is 4.06. The first-order valence-corrected chi connectivity index (χ1v) is 13.0. The van der Waals surface area contributed by atoms with Crippen molar-refractivity contribution in [3.8, 4) is 0 Å². The van der Waals surface area contributed by atoms with E-state index < -0.39 is 0 Å². The number of aromatic nitrogens is 2. The summed E-state index contributed by atoms with van der Waals surface area (Å²) in [5.41, 5.74) is 6.61. The number of hydrogen-bond donors (Lipinski definition) is 1. The summed E-state index contributed by atoms with van der Waals surface area (Å²) in [4.78, 5) is 15.2. The summed E-state index contributed by atoms with van der Waals surface area (Å²) >= 11 is 0. The third-order valence-electron chi connectivity index (χ3n) is 6.66. The lowest BCUT2D eigenvalue weighted by Gasteiger charge is -2.15. The van der Waals surface area contributed by atoms with Crippen molar-refractivity contribution in [1.82, 2.24) is 14.7 Å². The zero-order valence-electron chi connectivity index (χ0n) is 22.4. The molecule has 2 aromatic carbocycles. The van der Waals surface area contributed by atoms with Crippen molar-refractivity contribution in [3.05, 3.63) is 82.0 Å². The normalized spacial score (nSPS) is 13.6. The number of hydrogen-bond acceptors (Lipinski definition) is 3. The molecule has 1 saturated heterocycles. The van der Waals surface area contributed by atoms with Crippen molar-refractivity contribution in [2.24, 2.45) is 5.92 Å². The summed E-state index contributed by atoms with van der Waals surface area (Å²) < 4.78 is 1.95. The van der Waals surface area contributed by atoms with Gasteiger partial charge in [-0.05, 0) is 81.4 Å². The van der Waals surface area contributed by atoms with E-state index in [0.29, 0.717) is 17.9 Å². The molecule has 5 heteroatoms. The lowest BCUT2D eigenvalue weighted by atomic mass is 10.1. The number of anilines is 1. The highest BCUT2D eigenvalue weighted by Gasteiger charge is 2.14. The maximum Gasteiger partial charge on any atom is 0.256 e. The van der Waals surface area contributed by atoms with Gasteiger partial charge in [0.2, 0.25) is 0 Å². The maximum atomic E-state index is 12.8. The third-order valence-corrected chi connectivity index (χ3v) is 6.66. The van der Waals surface area contributed by atoms with Gasteiger partial charge in [-0.1, -0.05) is 63.1 Å². The van der Waals surface area contributed by atoms with Gasteiger partial charge in [0.15, 0.2) is 5.82 Å². The van der Waals surface area contributed by atoms with Crippen LogP contribution in [0, 0.1) is 26.7 Å². The first kappa shape index (κ1) is 26.7. The molecule has 0 spiro atoms. The Bertz CT molecular complexity index is 1110. The van der Waals surface area contributed by atoms with Crippen molar-refractivity contribution in [2.45, 2.75) is 73.9 Å². The predicted molar refractivity (Wildman–Crippen MR) is 146 cm³/mol. The Morgan fingerprint density at radius 2 is 1.71 bits per heavy atom. The Balaban J connectivity index is 0.000000623. The van der Waals surface area contributed by atoms with Crippen LogP contribution >= 0.6 is 0 Å². The van der Waals surface area contributed by atoms with E-state index in [-0.39, 0.29) is 5.91 Å². The van der Waals surface area contributed by atoms with Gasteiger partial charge < -0.3 is 5.32 Å². The molecule has 0 aliphatic carbocycles. The van der Waals surface area contributed by atoms with E-state index in [9.17, 15) is 4.79 Å². The van der Waals surface area contributed by atoms with Gasteiger partial charge in [0, 0.05) is 23.9 Å². The van der Waals surface area contributed by atoms with Crippen LogP contribution in [0.5, 0.6) is 0 Å². The monoisotopic (exact) mass is 474 g/mol. The minimum absolute atomic E-state index is 0.116. The molecule has 1 aromatic heterocycles. The summed E-state index contributed by atoms with van der Waals surface area (Å²) in [7, 11) is 0. The smallest absolute Gasteiger partial charge is 0.256 e. The Hall–Kier alpha value is -2.92. The molecule has 0 radical (unpaired) electrons. The fraction of sp³-hybridized carbons (Fsp3) is 0.467. The summed E-state index contributed by atoms with van der Waals surface area (Å²) in [5.74, 6) is 1.36.